The van der Waals surface area contributed by atoms with E-state index in [1.54, 1.807) is 24.4 Å². The van der Waals surface area contributed by atoms with Crippen LogP contribution >= 0.6 is 0 Å². The molecule has 0 radical (unpaired) electrons. The number of carbonyl (C=O) groups excluding carboxylic acids is 1. The van der Waals surface area contributed by atoms with E-state index in [0.717, 1.165) is 25.7 Å². The fourth-order valence-electron chi connectivity index (χ4n) is 2.86. The maximum absolute atomic E-state index is 12.4. The lowest BCUT2D eigenvalue weighted by Crippen LogP contribution is -2.17. The Morgan fingerprint density at radius 3 is 2.77 bits per heavy atom. The van der Waals surface area contributed by atoms with Crippen LogP contribution in [0.1, 0.15) is 42.6 Å². The molecule has 0 atom stereocenters. The lowest BCUT2D eigenvalue weighted by atomic mass is 9.99. The average Bonchev–Trinajstić information content (AvgIpc) is 3.03. The van der Waals surface area contributed by atoms with Crippen molar-refractivity contribution in [1.29, 1.82) is 0 Å². The van der Waals surface area contributed by atoms with Gasteiger partial charge >= 0.3 is 0 Å². The van der Waals surface area contributed by atoms with Crippen molar-refractivity contribution in [3.8, 4) is 17.3 Å². The van der Waals surface area contributed by atoms with Gasteiger partial charge in [0.25, 0.3) is 5.56 Å². The summed E-state index contributed by atoms with van der Waals surface area (Å²) in [5, 5.41) is 9.87. The van der Waals surface area contributed by atoms with Crippen LogP contribution in [0.25, 0.3) is 11.5 Å². The quantitative estimate of drug-likeness (QED) is 0.844. The highest BCUT2D eigenvalue weighted by Gasteiger charge is 2.24. The molecule has 1 aliphatic carbocycles. The molecule has 1 aliphatic rings. The van der Waals surface area contributed by atoms with Gasteiger partial charge < -0.3 is 10.1 Å². The normalized spacial score (nSPS) is 15.1. The number of aromatic amines is 1. The zero-order valence-electron chi connectivity index (χ0n) is 12.1. The van der Waals surface area contributed by atoms with Gasteiger partial charge in [-0.25, -0.2) is 4.98 Å². The highest BCUT2D eigenvalue weighted by molar-refractivity contribution is 5.97. The van der Waals surface area contributed by atoms with Crippen LogP contribution in [0.15, 0.2) is 29.2 Å². The minimum atomic E-state index is -0.717. The molecule has 1 fully saturated rings. The van der Waals surface area contributed by atoms with Gasteiger partial charge in [0, 0.05) is 12.6 Å². The van der Waals surface area contributed by atoms with Crippen molar-refractivity contribution in [2.75, 3.05) is 0 Å². The van der Waals surface area contributed by atoms with Gasteiger partial charge in [0.2, 0.25) is 5.75 Å². The van der Waals surface area contributed by atoms with Crippen molar-refractivity contribution in [2.45, 2.75) is 32.1 Å². The maximum Gasteiger partial charge on any atom is 0.294 e. The number of H-pyrrole nitrogens is 1. The summed E-state index contributed by atoms with van der Waals surface area (Å²) < 4.78 is 0. The lowest BCUT2D eigenvalue weighted by Gasteiger charge is -2.09. The molecule has 114 valence electrons. The van der Waals surface area contributed by atoms with Crippen LogP contribution in [-0.4, -0.2) is 25.8 Å². The Labute approximate surface area is 127 Å². The molecule has 6 heteroatoms. The molecule has 0 saturated heterocycles. The molecule has 22 heavy (non-hydrogen) atoms. The molecular weight excluding hydrogens is 282 g/mol. The molecule has 1 saturated carbocycles. The van der Waals surface area contributed by atoms with E-state index in [-0.39, 0.29) is 17.3 Å². The fraction of sp³-hybridized carbons (Fsp3) is 0.375. The summed E-state index contributed by atoms with van der Waals surface area (Å²) in [4.78, 5) is 34.9. The Morgan fingerprint density at radius 2 is 2.09 bits per heavy atom. The highest BCUT2D eigenvalue weighted by atomic mass is 16.3. The summed E-state index contributed by atoms with van der Waals surface area (Å²) >= 11 is 0. The van der Waals surface area contributed by atoms with Crippen molar-refractivity contribution in [2.24, 2.45) is 5.92 Å². The third-order valence-electron chi connectivity index (χ3n) is 4.02. The first-order valence-electron chi connectivity index (χ1n) is 7.43. The number of hydrogen-bond acceptors (Lipinski definition) is 5. The third-order valence-corrected chi connectivity index (χ3v) is 4.02. The van der Waals surface area contributed by atoms with E-state index in [0.29, 0.717) is 18.0 Å². The van der Waals surface area contributed by atoms with Gasteiger partial charge in [-0.1, -0.05) is 31.7 Å². The molecule has 2 N–H and O–H groups in total. The van der Waals surface area contributed by atoms with Crippen LogP contribution in [0.2, 0.25) is 0 Å². The first-order chi connectivity index (χ1) is 10.6. The van der Waals surface area contributed by atoms with Crippen LogP contribution in [0, 0.1) is 5.92 Å². The number of nitrogens with one attached hydrogen (secondary N) is 1. The lowest BCUT2D eigenvalue weighted by molar-refractivity contribution is 0.0954. The Morgan fingerprint density at radius 1 is 1.32 bits per heavy atom. The van der Waals surface area contributed by atoms with Crippen LogP contribution in [0.3, 0.4) is 0 Å². The SMILES string of the molecule is O=C(CC1CCCC1)c1nc(-c2ccccn2)[nH]c(=O)c1O. The summed E-state index contributed by atoms with van der Waals surface area (Å²) in [5.41, 5.74) is -0.420. The predicted molar refractivity (Wildman–Crippen MR) is 80.7 cm³/mol. The summed E-state index contributed by atoms with van der Waals surface area (Å²) in [6.07, 6.45) is 6.19. The van der Waals surface area contributed by atoms with Gasteiger partial charge in [0.1, 0.15) is 5.69 Å². The Bertz CT molecular complexity index is 734. The van der Waals surface area contributed by atoms with E-state index >= 15 is 0 Å². The van der Waals surface area contributed by atoms with Crippen molar-refractivity contribution in [3.63, 3.8) is 0 Å². The summed E-state index contributed by atoms with van der Waals surface area (Å²) in [7, 11) is 0. The minimum Gasteiger partial charge on any atom is -0.501 e. The van der Waals surface area contributed by atoms with Crippen molar-refractivity contribution >= 4 is 5.78 Å². The molecule has 0 aromatic carbocycles. The van der Waals surface area contributed by atoms with E-state index in [9.17, 15) is 14.7 Å². The number of nitrogens with zero attached hydrogens (tertiary/aromatic N) is 2. The molecule has 2 heterocycles. The van der Waals surface area contributed by atoms with E-state index in [1.807, 2.05) is 0 Å². The first kappa shape index (κ1) is 14.4. The number of Topliss-reactive ketones (excluding diaryl/α,β-unsaturated/α-hetero) is 1. The topological polar surface area (TPSA) is 95.9 Å². The molecule has 2 aromatic rings. The molecule has 3 rings (SSSR count). The van der Waals surface area contributed by atoms with Gasteiger partial charge in [0.15, 0.2) is 17.3 Å². The third kappa shape index (κ3) is 2.90. The zero-order valence-corrected chi connectivity index (χ0v) is 12.1. The highest BCUT2D eigenvalue weighted by Crippen LogP contribution is 2.29. The number of aromatic hydroxyl groups is 1. The molecule has 6 nitrogen and oxygen atoms in total. The molecule has 0 aliphatic heterocycles. The van der Waals surface area contributed by atoms with Crippen molar-refractivity contribution in [1.82, 2.24) is 15.0 Å². The Balaban J connectivity index is 1.94. The Kier molecular flexibility index (Phi) is 4.00. The number of carbonyl (C=O) groups is 1. The second-order valence-corrected chi connectivity index (χ2v) is 5.60. The summed E-state index contributed by atoms with van der Waals surface area (Å²) in [6, 6.07) is 5.18. The van der Waals surface area contributed by atoms with Crippen LogP contribution in [0.5, 0.6) is 5.75 Å². The molecule has 0 bridgehead atoms. The monoisotopic (exact) mass is 299 g/mol. The zero-order chi connectivity index (χ0) is 15.5. The predicted octanol–water partition coefficient (Wildman–Crippen LogP) is 2.30. The molecule has 0 spiro atoms. The summed E-state index contributed by atoms with van der Waals surface area (Å²) in [6.45, 7) is 0. The van der Waals surface area contributed by atoms with Crippen molar-refractivity contribution < 1.29 is 9.90 Å². The summed E-state index contributed by atoms with van der Waals surface area (Å²) in [5.74, 6) is -0.375. The maximum atomic E-state index is 12.4. The van der Waals surface area contributed by atoms with Crippen LogP contribution < -0.4 is 5.56 Å². The molecular formula is C16H17N3O3. The number of ketones is 1. The van der Waals surface area contributed by atoms with E-state index in [1.165, 1.54) is 0 Å². The van der Waals surface area contributed by atoms with Gasteiger partial charge in [-0.2, -0.15) is 0 Å². The number of aromatic nitrogens is 3. The standard InChI is InChI=1S/C16H17N3O3/c20-12(9-10-5-1-2-6-10)13-14(21)16(22)19-15(18-13)11-7-3-4-8-17-11/h3-4,7-8,10,21H,1-2,5-6,9H2,(H,18,19,22). The van der Waals surface area contributed by atoms with Crippen LogP contribution in [-0.2, 0) is 0 Å². The van der Waals surface area contributed by atoms with E-state index in [4.69, 9.17) is 0 Å². The second kappa shape index (κ2) is 6.09. The molecule has 0 amide bonds. The fourth-order valence-corrected chi connectivity index (χ4v) is 2.86. The van der Waals surface area contributed by atoms with E-state index in [2.05, 4.69) is 15.0 Å². The van der Waals surface area contributed by atoms with Crippen LogP contribution in [0.4, 0.5) is 0 Å². The number of pyridine rings is 1. The Hall–Kier alpha value is -2.50. The number of hydrogen-bond donors (Lipinski definition) is 2. The van der Waals surface area contributed by atoms with Gasteiger partial charge in [-0.15, -0.1) is 0 Å². The van der Waals surface area contributed by atoms with Gasteiger partial charge in [0.05, 0.1) is 0 Å². The average molecular weight is 299 g/mol. The minimum absolute atomic E-state index is 0.156. The largest absolute Gasteiger partial charge is 0.501 e. The second-order valence-electron chi connectivity index (χ2n) is 5.60. The number of rotatable bonds is 4. The van der Waals surface area contributed by atoms with Crippen molar-refractivity contribution in [3.05, 3.63) is 40.4 Å². The first-order valence-corrected chi connectivity index (χ1v) is 7.43. The smallest absolute Gasteiger partial charge is 0.294 e. The molecule has 2 aromatic heterocycles. The van der Waals surface area contributed by atoms with Gasteiger partial charge in [-0.05, 0) is 18.1 Å². The van der Waals surface area contributed by atoms with E-state index < -0.39 is 11.3 Å². The molecule has 0 unspecified atom stereocenters. The van der Waals surface area contributed by atoms with Gasteiger partial charge in [-0.3, -0.25) is 14.6 Å².